The maximum atomic E-state index is 12.3. The van der Waals surface area contributed by atoms with E-state index in [1.807, 2.05) is 4.98 Å². The summed E-state index contributed by atoms with van der Waals surface area (Å²) in [6.45, 7) is -0.424. The van der Waals surface area contributed by atoms with Gasteiger partial charge >= 0.3 is 29.2 Å². The highest BCUT2D eigenvalue weighted by Crippen LogP contribution is 2.66. The first-order valence-electron chi connectivity index (χ1n) is 11.8. The van der Waals surface area contributed by atoms with Crippen LogP contribution in [0, 0.1) is 11.8 Å². The van der Waals surface area contributed by atoms with Crippen LogP contribution in [0.4, 0.5) is 0 Å². The van der Waals surface area contributed by atoms with Crippen molar-refractivity contribution in [3.05, 3.63) is 43.0 Å². The van der Waals surface area contributed by atoms with Crippen LogP contribution in [0.2, 0.25) is 0 Å². The van der Waals surface area contributed by atoms with E-state index < -0.39 is 65.7 Å². The van der Waals surface area contributed by atoms with Gasteiger partial charge in [0, 0.05) is 37.1 Å². The smallest absolute Gasteiger partial charge is 0.390 e. The summed E-state index contributed by atoms with van der Waals surface area (Å²) in [5.74, 6) is 4.62. The summed E-state index contributed by atoms with van der Waals surface area (Å²) in [5, 5.41) is 16.1. The first-order valence-corrected chi connectivity index (χ1v) is 16.4. The monoisotopic (exact) mass is 676 g/mol. The van der Waals surface area contributed by atoms with Crippen LogP contribution in [0.3, 0.4) is 0 Å². The predicted octanol–water partition coefficient (Wildman–Crippen LogP) is -0.897. The number of carbonyl (C=O) groups is 1. The summed E-state index contributed by atoms with van der Waals surface area (Å²) in [6.07, 6.45) is -2.86. The Bertz CT molecular complexity index is 1510. The molecule has 0 aliphatic carbocycles. The summed E-state index contributed by atoms with van der Waals surface area (Å²) in [6, 6.07) is 0. The third-order valence-electron chi connectivity index (χ3n) is 4.98. The van der Waals surface area contributed by atoms with E-state index in [1.54, 1.807) is 0 Å². The number of hydrogen-bond acceptors (Lipinski definition) is 13. The number of amides is 1. The van der Waals surface area contributed by atoms with Crippen LogP contribution < -0.4 is 16.6 Å². The third-order valence-corrected chi connectivity index (χ3v) is 8.78. The number of nitrogens with zero attached hydrogens (tertiary/aromatic N) is 4. The fourth-order valence-corrected chi connectivity index (χ4v) is 6.24. The molecule has 0 radical (unpaired) electrons. The zero-order valence-electron chi connectivity index (χ0n) is 21.8. The average Bonchev–Trinajstić information content (AvgIpc) is 3.23. The SMILES string of the molecule is [N-]=[N+]=NCCCOCCC(=O)NCC#Cc1cn(C2CC(O)C(COP(=O)(O)OP(=O)(O)OP(=O)(O)O)O2)c(=O)[nH]c1=O. The van der Waals surface area contributed by atoms with Crippen molar-refractivity contribution in [2.75, 3.05) is 32.9 Å². The lowest BCUT2D eigenvalue weighted by atomic mass is 10.2. The van der Waals surface area contributed by atoms with E-state index in [0.717, 1.165) is 10.8 Å². The number of aliphatic hydroxyl groups is 1. The van der Waals surface area contributed by atoms with Gasteiger partial charge in [0.1, 0.15) is 17.9 Å². The van der Waals surface area contributed by atoms with Crippen LogP contribution in [0.1, 0.15) is 31.1 Å². The number of nitrogens with one attached hydrogen (secondary N) is 2. The van der Waals surface area contributed by atoms with Crippen LogP contribution in [0.5, 0.6) is 0 Å². The maximum absolute atomic E-state index is 12.3. The molecule has 25 heteroatoms. The Morgan fingerprint density at radius 1 is 1.21 bits per heavy atom. The molecule has 1 aromatic heterocycles. The highest BCUT2D eigenvalue weighted by atomic mass is 31.3. The first kappa shape index (κ1) is 36.5. The Labute approximate surface area is 241 Å². The summed E-state index contributed by atoms with van der Waals surface area (Å²) in [5.41, 5.74) is 6.12. The van der Waals surface area contributed by atoms with Crippen molar-refractivity contribution in [3.63, 3.8) is 0 Å². The van der Waals surface area contributed by atoms with Gasteiger partial charge in [-0.1, -0.05) is 17.0 Å². The Balaban J connectivity index is 1.93. The molecule has 22 nitrogen and oxygen atoms in total. The van der Waals surface area contributed by atoms with Gasteiger partial charge in [-0.3, -0.25) is 23.7 Å². The number of aromatic nitrogens is 2. The number of aliphatic hydroxyl groups excluding tert-OH is 1. The van der Waals surface area contributed by atoms with Crippen LogP contribution in [0.15, 0.2) is 20.9 Å². The van der Waals surface area contributed by atoms with E-state index in [2.05, 4.69) is 40.3 Å². The highest BCUT2D eigenvalue weighted by Gasteiger charge is 2.43. The maximum Gasteiger partial charge on any atom is 0.490 e. The second kappa shape index (κ2) is 16.4. The van der Waals surface area contributed by atoms with Gasteiger partial charge in [0.2, 0.25) is 5.91 Å². The molecule has 1 aliphatic heterocycles. The number of ether oxygens (including phenoxy) is 2. The van der Waals surface area contributed by atoms with E-state index in [9.17, 15) is 43.0 Å². The normalized spacial score (nSPS) is 21.1. The standard InChI is InChI=1S/C18H27N6O16P3/c19-23-21-6-2-7-36-8-4-15(26)20-5-1-3-12-10-24(18(28)22-17(12)27)16-9-13(25)14(38-16)11-37-42(32,33)40-43(34,35)39-41(29,30)31/h10,13-14,16,25H,2,4-9,11H2,(H,20,26)(H,32,33)(H,34,35)(H,22,27,28)(H2,29,30,31). The molecule has 5 atom stereocenters. The lowest BCUT2D eigenvalue weighted by Gasteiger charge is -2.19. The molecule has 5 unspecified atom stereocenters. The van der Waals surface area contributed by atoms with E-state index in [4.69, 9.17) is 24.8 Å². The van der Waals surface area contributed by atoms with Crippen molar-refractivity contribution in [2.24, 2.45) is 5.11 Å². The van der Waals surface area contributed by atoms with Gasteiger partial charge in [-0.15, -0.1) is 0 Å². The van der Waals surface area contributed by atoms with Crippen molar-refractivity contribution in [2.45, 2.75) is 37.7 Å². The van der Waals surface area contributed by atoms with E-state index in [1.165, 1.54) is 0 Å². The highest BCUT2D eigenvalue weighted by molar-refractivity contribution is 7.66. The molecule has 1 fully saturated rings. The van der Waals surface area contributed by atoms with Gasteiger partial charge < -0.3 is 39.5 Å². The molecule has 2 rings (SSSR count). The summed E-state index contributed by atoms with van der Waals surface area (Å²) >= 11 is 0. The molecule has 0 bridgehead atoms. The zero-order chi connectivity index (χ0) is 32.3. The number of aromatic amines is 1. The zero-order valence-corrected chi connectivity index (χ0v) is 24.5. The van der Waals surface area contributed by atoms with Gasteiger partial charge in [-0.2, -0.15) is 8.62 Å². The molecule has 0 saturated carbocycles. The largest absolute Gasteiger partial charge is 0.490 e. The molecule has 7 N–H and O–H groups in total. The van der Waals surface area contributed by atoms with Crippen molar-refractivity contribution >= 4 is 29.4 Å². The fraction of sp³-hybridized carbons (Fsp3) is 0.611. The molecule has 1 aliphatic rings. The van der Waals surface area contributed by atoms with Gasteiger partial charge in [-0.25, -0.2) is 18.5 Å². The number of azide groups is 1. The minimum atomic E-state index is -5.75. The van der Waals surface area contributed by atoms with E-state index in [0.29, 0.717) is 13.0 Å². The van der Waals surface area contributed by atoms with Crippen LogP contribution in [-0.4, -0.2) is 85.3 Å². The van der Waals surface area contributed by atoms with Gasteiger partial charge in [0.05, 0.1) is 25.9 Å². The van der Waals surface area contributed by atoms with Gasteiger partial charge in [-0.05, 0) is 12.0 Å². The Morgan fingerprint density at radius 2 is 1.93 bits per heavy atom. The van der Waals surface area contributed by atoms with Crippen molar-refractivity contribution in [1.29, 1.82) is 0 Å². The lowest BCUT2D eigenvalue weighted by molar-refractivity contribution is -0.121. The van der Waals surface area contributed by atoms with Crippen LogP contribution in [0.25, 0.3) is 10.4 Å². The molecule has 0 spiro atoms. The van der Waals surface area contributed by atoms with Crippen molar-refractivity contribution in [3.8, 4) is 11.8 Å². The van der Waals surface area contributed by atoms with Gasteiger partial charge in [0.15, 0.2) is 0 Å². The quantitative estimate of drug-likeness (QED) is 0.0279. The number of phosphoric ester groups is 1. The predicted molar refractivity (Wildman–Crippen MR) is 140 cm³/mol. The second-order valence-electron chi connectivity index (χ2n) is 8.28. The number of carbonyl (C=O) groups excluding carboxylic acids is 1. The number of phosphoric acid groups is 3. The Kier molecular flexibility index (Phi) is 13.9. The van der Waals surface area contributed by atoms with E-state index >= 15 is 0 Å². The molecule has 240 valence electrons. The van der Waals surface area contributed by atoms with Crippen molar-refractivity contribution in [1.82, 2.24) is 14.9 Å². The molecule has 1 saturated heterocycles. The minimum Gasteiger partial charge on any atom is -0.390 e. The molecule has 1 aromatic rings. The Hall–Kier alpha value is -2.69. The van der Waals surface area contributed by atoms with Crippen LogP contribution >= 0.6 is 23.5 Å². The first-order chi connectivity index (χ1) is 20.0. The van der Waals surface area contributed by atoms with Crippen LogP contribution in [-0.2, 0) is 41.1 Å². The Morgan fingerprint density at radius 3 is 2.60 bits per heavy atom. The molecule has 0 aromatic carbocycles. The molecular formula is C18H27N6O16P3. The summed E-state index contributed by atoms with van der Waals surface area (Å²) in [4.78, 5) is 76.8. The fourth-order valence-electron chi connectivity index (χ4n) is 3.21. The molecule has 43 heavy (non-hydrogen) atoms. The summed E-state index contributed by atoms with van der Waals surface area (Å²) in [7, 11) is -16.8. The second-order valence-corrected chi connectivity index (χ2v) is 12.7. The molecule has 1 amide bonds. The minimum absolute atomic E-state index is 0.0270. The molecule has 2 heterocycles. The number of hydrogen-bond donors (Lipinski definition) is 7. The average molecular weight is 676 g/mol. The third kappa shape index (κ3) is 13.7. The van der Waals surface area contributed by atoms with Crippen molar-refractivity contribution < 1.29 is 65.8 Å². The number of H-pyrrole nitrogens is 1. The van der Waals surface area contributed by atoms with Gasteiger partial charge in [0.25, 0.3) is 5.56 Å². The topological polar surface area (TPSA) is 331 Å². The van der Waals surface area contributed by atoms with E-state index in [-0.39, 0.29) is 38.1 Å². The summed E-state index contributed by atoms with van der Waals surface area (Å²) < 4.78 is 57.1. The number of rotatable bonds is 16. The lowest BCUT2D eigenvalue weighted by Crippen LogP contribution is -2.34. The molecular weight excluding hydrogens is 649 g/mol.